The number of rotatable bonds is 7. The minimum atomic E-state index is -3.76. The summed E-state index contributed by atoms with van der Waals surface area (Å²) in [4.78, 5) is 17.2. The van der Waals surface area contributed by atoms with Crippen LogP contribution >= 0.6 is 0 Å². The maximum Gasteiger partial charge on any atom is 0.252 e. The Morgan fingerprint density at radius 2 is 1.87 bits per heavy atom. The SMILES string of the molecule is CC(C)NS(=O)(=O)c1cccc(C(=O)NC(c2ccccc2F)c2nccn2C)c1. The van der Waals surface area contributed by atoms with Gasteiger partial charge in [0, 0.05) is 36.6 Å². The number of sulfonamides is 1. The van der Waals surface area contributed by atoms with Gasteiger partial charge in [-0.3, -0.25) is 4.79 Å². The molecule has 7 nitrogen and oxygen atoms in total. The van der Waals surface area contributed by atoms with E-state index < -0.39 is 27.8 Å². The van der Waals surface area contributed by atoms with Gasteiger partial charge in [0.1, 0.15) is 17.7 Å². The van der Waals surface area contributed by atoms with E-state index in [1.807, 2.05) is 0 Å². The van der Waals surface area contributed by atoms with Gasteiger partial charge in [-0.1, -0.05) is 24.3 Å². The van der Waals surface area contributed by atoms with Crippen molar-refractivity contribution in [2.75, 3.05) is 0 Å². The zero-order valence-electron chi connectivity index (χ0n) is 16.8. The summed E-state index contributed by atoms with van der Waals surface area (Å²) in [6, 6.07) is 10.7. The van der Waals surface area contributed by atoms with Crippen molar-refractivity contribution in [1.29, 1.82) is 0 Å². The number of hydrogen-bond acceptors (Lipinski definition) is 4. The lowest BCUT2D eigenvalue weighted by molar-refractivity contribution is 0.0940. The lowest BCUT2D eigenvalue weighted by Crippen LogP contribution is -2.32. The molecule has 1 atom stereocenters. The average Bonchev–Trinajstić information content (AvgIpc) is 3.11. The van der Waals surface area contributed by atoms with Gasteiger partial charge in [0.25, 0.3) is 5.91 Å². The van der Waals surface area contributed by atoms with E-state index in [1.165, 1.54) is 30.3 Å². The first-order valence-electron chi connectivity index (χ1n) is 9.34. The van der Waals surface area contributed by atoms with Gasteiger partial charge in [0.05, 0.1) is 4.90 Å². The van der Waals surface area contributed by atoms with E-state index in [4.69, 9.17) is 0 Å². The Labute approximate surface area is 175 Å². The number of benzene rings is 2. The molecule has 0 aliphatic carbocycles. The van der Waals surface area contributed by atoms with Gasteiger partial charge < -0.3 is 9.88 Å². The second kappa shape index (κ2) is 8.76. The Hall–Kier alpha value is -3.04. The van der Waals surface area contributed by atoms with E-state index in [0.717, 1.165) is 0 Å². The van der Waals surface area contributed by atoms with Crippen molar-refractivity contribution in [3.8, 4) is 0 Å². The molecule has 158 valence electrons. The van der Waals surface area contributed by atoms with E-state index >= 15 is 0 Å². The summed E-state index contributed by atoms with van der Waals surface area (Å²) >= 11 is 0. The maximum absolute atomic E-state index is 14.5. The fourth-order valence-corrected chi connectivity index (χ4v) is 4.34. The van der Waals surface area contributed by atoms with Gasteiger partial charge in [-0.15, -0.1) is 0 Å². The molecule has 0 bridgehead atoms. The van der Waals surface area contributed by atoms with Crippen LogP contribution in [0.5, 0.6) is 0 Å². The summed E-state index contributed by atoms with van der Waals surface area (Å²) in [6.07, 6.45) is 3.25. The van der Waals surface area contributed by atoms with Gasteiger partial charge >= 0.3 is 0 Å². The van der Waals surface area contributed by atoms with Gasteiger partial charge in [-0.05, 0) is 38.1 Å². The molecular formula is C21H23FN4O3S. The summed E-state index contributed by atoms with van der Waals surface area (Å²) in [5.74, 6) is -0.588. The summed E-state index contributed by atoms with van der Waals surface area (Å²) < 4.78 is 43.5. The van der Waals surface area contributed by atoms with E-state index in [1.54, 1.807) is 56.1 Å². The molecule has 0 saturated heterocycles. The third kappa shape index (κ3) is 4.74. The predicted octanol–water partition coefficient (Wildman–Crippen LogP) is 2.77. The number of aryl methyl sites for hydroxylation is 1. The molecule has 1 heterocycles. The predicted molar refractivity (Wildman–Crippen MR) is 111 cm³/mol. The topological polar surface area (TPSA) is 93.1 Å². The van der Waals surface area contributed by atoms with Crippen LogP contribution < -0.4 is 10.0 Å². The van der Waals surface area contributed by atoms with Crippen molar-refractivity contribution >= 4 is 15.9 Å². The van der Waals surface area contributed by atoms with Crippen molar-refractivity contribution in [2.24, 2.45) is 7.05 Å². The Morgan fingerprint density at radius 3 is 2.50 bits per heavy atom. The molecule has 2 N–H and O–H groups in total. The van der Waals surface area contributed by atoms with Crippen molar-refractivity contribution in [2.45, 2.75) is 30.8 Å². The summed E-state index contributed by atoms with van der Waals surface area (Å²) in [5, 5.41) is 2.78. The van der Waals surface area contributed by atoms with Crippen LogP contribution in [0, 0.1) is 5.82 Å². The Morgan fingerprint density at radius 1 is 1.13 bits per heavy atom. The Bertz CT molecular complexity index is 1160. The molecule has 0 fully saturated rings. The molecule has 0 spiro atoms. The maximum atomic E-state index is 14.5. The summed E-state index contributed by atoms with van der Waals surface area (Å²) in [6.45, 7) is 3.42. The van der Waals surface area contributed by atoms with Crippen LogP contribution in [0.2, 0.25) is 0 Å². The first-order valence-corrected chi connectivity index (χ1v) is 10.8. The smallest absolute Gasteiger partial charge is 0.252 e. The Kier molecular flexibility index (Phi) is 6.33. The monoisotopic (exact) mass is 430 g/mol. The second-order valence-electron chi connectivity index (χ2n) is 7.13. The van der Waals surface area contributed by atoms with Crippen LogP contribution in [-0.4, -0.2) is 29.9 Å². The van der Waals surface area contributed by atoms with E-state index in [9.17, 15) is 17.6 Å². The fraction of sp³-hybridized carbons (Fsp3) is 0.238. The lowest BCUT2D eigenvalue weighted by Gasteiger charge is -2.20. The van der Waals surface area contributed by atoms with Crippen LogP contribution in [0.25, 0.3) is 0 Å². The number of halogens is 1. The molecule has 30 heavy (non-hydrogen) atoms. The molecule has 0 radical (unpaired) electrons. The molecule has 1 amide bonds. The highest BCUT2D eigenvalue weighted by atomic mass is 32.2. The van der Waals surface area contributed by atoms with Gasteiger partial charge in [0.15, 0.2) is 0 Å². The fourth-order valence-electron chi connectivity index (χ4n) is 3.04. The summed E-state index contributed by atoms with van der Waals surface area (Å²) in [7, 11) is -2.02. The highest BCUT2D eigenvalue weighted by Gasteiger charge is 2.25. The third-order valence-electron chi connectivity index (χ3n) is 4.41. The zero-order valence-corrected chi connectivity index (χ0v) is 17.7. The largest absolute Gasteiger partial charge is 0.338 e. The van der Waals surface area contributed by atoms with Crippen molar-refractivity contribution in [3.05, 3.63) is 83.7 Å². The number of carbonyl (C=O) groups excluding carboxylic acids is 1. The highest BCUT2D eigenvalue weighted by molar-refractivity contribution is 7.89. The molecule has 2 aromatic carbocycles. The van der Waals surface area contributed by atoms with Gasteiger partial charge in [0.2, 0.25) is 10.0 Å². The molecule has 0 saturated carbocycles. The van der Waals surface area contributed by atoms with Crippen molar-refractivity contribution < 1.29 is 17.6 Å². The van der Waals surface area contributed by atoms with E-state index in [-0.39, 0.29) is 22.1 Å². The van der Waals surface area contributed by atoms with Crippen LogP contribution in [0.15, 0.2) is 65.8 Å². The minimum Gasteiger partial charge on any atom is -0.338 e. The lowest BCUT2D eigenvalue weighted by atomic mass is 10.0. The van der Waals surface area contributed by atoms with Crippen LogP contribution in [0.1, 0.15) is 41.6 Å². The first-order chi connectivity index (χ1) is 14.2. The number of hydrogen-bond donors (Lipinski definition) is 2. The van der Waals surface area contributed by atoms with E-state index in [0.29, 0.717) is 5.82 Å². The Balaban J connectivity index is 1.95. The van der Waals surface area contributed by atoms with Gasteiger partial charge in [-0.2, -0.15) is 0 Å². The molecule has 1 aromatic heterocycles. The zero-order chi connectivity index (χ0) is 21.9. The number of carbonyl (C=O) groups is 1. The number of amides is 1. The normalized spacial score (nSPS) is 12.7. The standard InChI is InChI=1S/C21H23FN4O3S/c1-14(2)25-30(28,29)16-8-6-7-15(13-16)21(27)24-19(20-23-11-12-26(20)3)17-9-4-5-10-18(17)22/h4-14,19,25H,1-3H3,(H,24,27). The minimum absolute atomic E-state index is 0.0247. The second-order valence-corrected chi connectivity index (χ2v) is 8.84. The highest BCUT2D eigenvalue weighted by Crippen LogP contribution is 2.24. The van der Waals surface area contributed by atoms with Gasteiger partial charge in [-0.25, -0.2) is 22.5 Å². The quantitative estimate of drug-likeness (QED) is 0.603. The van der Waals surface area contributed by atoms with E-state index in [2.05, 4.69) is 15.0 Å². The molecule has 0 aliphatic heterocycles. The third-order valence-corrected chi connectivity index (χ3v) is 6.06. The number of nitrogens with zero attached hydrogens (tertiary/aromatic N) is 2. The van der Waals surface area contributed by atoms with Crippen molar-refractivity contribution in [3.63, 3.8) is 0 Å². The summed E-state index contributed by atoms with van der Waals surface area (Å²) in [5.41, 5.74) is 0.391. The molecule has 3 rings (SSSR count). The first kappa shape index (κ1) is 21.7. The number of nitrogens with one attached hydrogen (secondary N) is 2. The van der Waals surface area contributed by atoms with Crippen LogP contribution in [-0.2, 0) is 17.1 Å². The molecule has 9 heteroatoms. The molecule has 0 aliphatic rings. The molecular weight excluding hydrogens is 407 g/mol. The number of aromatic nitrogens is 2. The molecule has 1 unspecified atom stereocenters. The van der Waals surface area contributed by atoms with Crippen LogP contribution in [0.3, 0.4) is 0 Å². The number of imidazole rings is 1. The average molecular weight is 431 g/mol. The van der Waals surface area contributed by atoms with Crippen molar-refractivity contribution in [1.82, 2.24) is 19.6 Å². The molecule has 3 aromatic rings. The van der Waals surface area contributed by atoms with Crippen LogP contribution in [0.4, 0.5) is 4.39 Å².